The fourth-order valence-electron chi connectivity index (χ4n) is 2.68. The zero-order valence-electron chi connectivity index (χ0n) is 11.2. The maximum atomic E-state index is 12.8. The molecule has 106 valence electrons. The van der Waals surface area contributed by atoms with Crippen LogP contribution in [-0.2, 0) is 13.0 Å². The van der Waals surface area contributed by atoms with Gasteiger partial charge in [0.2, 0.25) is 0 Å². The Balaban J connectivity index is 1.69. The Kier molecular flexibility index (Phi) is 2.94. The van der Waals surface area contributed by atoms with Crippen LogP contribution in [0.3, 0.4) is 0 Å². The topological polar surface area (TPSA) is 59.2 Å². The minimum absolute atomic E-state index is 0.0207. The van der Waals surface area contributed by atoms with Crippen molar-refractivity contribution in [1.29, 1.82) is 0 Å². The van der Waals surface area contributed by atoms with Crippen LogP contribution in [0, 0.1) is 0 Å². The first-order valence-corrected chi connectivity index (χ1v) is 8.41. The number of hydrogen-bond acceptors (Lipinski definition) is 5. The van der Waals surface area contributed by atoms with Crippen molar-refractivity contribution in [2.75, 3.05) is 12.3 Å². The van der Waals surface area contributed by atoms with E-state index in [1.807, 2.05) is 17.0 Å². The Morgan fingerprint density at radius 1 is 1.38 bits per heavy atom. The van der Waals surface area contributed by atoms with Crippen LogP contribution < -0.4 is 5.73 Å². The average molecular weight is 315 g/mol. The molecule has 1 amide bonds. The van der Waals surface area contributed by atoms with Crippen molar-refractivity contribution in [3.63, 3.8) is 0 Å². The van der Waals surface area contributed by atoms with E-state index in [9.17, 15) is 4.79 Å². The molecule has 3 aromatic rings. The van der Waals surface area contributed by atoms with E-state index in [0.717, 1.165) is 23.2 Å². The zero-order chi connectivity index (χ0) is 14.4. The van der Waals surface area contributed by atoms with E-state index < -0.39 is 0 Å². The number of pyridine rings is 1. The molecule has 1 aliphatic heterocycles. The second-order valence-corrected chi connectivity index (χ2v) is 7.05. The van der Waals surface area contributed by atoms with Crippen molar-refractivity contribution >= 4 is 44.5 Å². The molecular weight excluding hydrogens is 302 g/mol. The Labute approximate surface area is 129 Å². The van der Waals surface area contributed by atoms with E-state index in [4.69, 9.17) is 5.73 Å². The summed E-state index contributed by atoms with van der Waals surface area (Å²) in [5.41, 5.74) is 7.97. The van der Waals surface area contributed by atoms with Gasteiger partial charge in [0.05, 0.1) is 5.69 Å². The molecule has 4 heterocycles. The Morgan fingerprint density at radius 2 is 2.29 bits per heavy atom. The van der Waals surface area contributed by atoms with Gasteiger partial charge in [0, 0.05) is 29.5 Å². The number of rotatable bonds is 1. The van der Waals surface area contributed by atoms with Crippen molar-refractivity contribution in [2.45, 2.75) is 13.0 Å². The quantitative estimate of drug-likeness (QED) is 0.750. The first kappa shape index (κ1) is 12.8. The SMILES string of the molecule is Nc1c(C(=O)N2CCc3sccc3C2)sc2ncccc12. The molecule has 0 aromatic carbocycles. The predicted molar refractivity (Wildman–Crippen MR) is 86.8 cm³/mol. The van der Waals surface area contributed by atoms with Gasteiger partial charge in [-0.3, -0.25) is 4.79 Å². The smallest absolute Gasteiger partial charge is 0.266 e. The average Bonchev–Trinajstić information content (AvgIpc) is 3.11. The van der Waals surface area contributed by atoms with Gasteiger partial charge in [-0.05, 0) is 35.6 Å². The summed E-state index contributed by atoms with van der Waals surface area (Å²) in [5.74, 6) is 0.0207. The van der Waals surface area contributed by atoms with Crippen LogP contribution in [0.25, 0.3) is 10.2 Å². The maximum absolute atomic E-state index is 12.8. The Morgan fingerprint density at radius 3 is 3.14 bits per heavy atom. The van der Waals surface area contributed by atoms with Crippen LogP contribution in [0.1, 0.15) is 20.1 Å². The molecule has 0 saturated heterocycles. The van der Waals surface area contributed by atoms with E-state index in [0.29, 0.717) is 17.1 Å². The number of carbonyl (C=O) groups is 1. The minimum Gasteiger partial charge on any atom is -0.397 e. The molecule has 2 N–H and O–H groups in total. The van der Waals surface area contributed by atoms with Gasteiger partial charge in [0.1, 0.15) is 9.71 Å². The number of nitrogen functional groups attached to an aromatic ring is 1. The molecule has 4 nitrogen and oxygen atoms in total. The summed E-state index contributed by atoms with van der Waals surface area (Å²) in [4.78, 5) is 21.8. The third-order valence-electron chi connectivity index (χ3n) is 3.79. The minimum atomic E-state index is 0.0207. The summed E-state index contributed by atoms with van der Waals surface area (Å²) < 4.78 is 0. The van der Waals surface area contributed by atoms with Crippen LogP contribution in [-0.4, -0.2) is 22.3 Å². The first-order chi connectivity index (χ1) is 10.2. The standard InChI is InChI=1S/C15H13N3OS2/c16-12-10-2-1-5-17-14(10)21-13(12)15(19)18-6-3-11-9(8-18)4-7-20-11/h1-2,4-5,7H,3,6,8,16H2. The molecular formula is C15H13N3OS2. The molecule has 0 radical (unpaired) electrons. The highest BCUT2D eigenvalue weighted by Crippen LogP contribution is 2.34. The second-order valence-electron chi connectivity index (χ2n) is 5.05. The molecule has 0 aliphatic carbocycles. The number of nitrogens with two attached hydrogens (primary N) is 1. The summed E-state index contributed by atoms with van der Waals surface area (Å²) in [6.07, 6.45) is 2.66. The van der Waals surface area contributed by atoms with Gasteiger partial charge in [0.25, 0.3) is 5.91 Å². The van der Waals surface area contributed by atoms with Crippen LogP contribution in [0.4, 0.5) is 5.69 Å². The third kappa shape index (κ3) is 2.02. The number of amides is 1. The molecule has 0 spiro atoms. The molecule has 1 aliphatic rings. The van der Waals surface area contributed by atoms with Gasteiger partial charge in [-0.2, -0.15) is 0 Å². The lowest BCUT2D eigenvalue weighted by Gasteiger charge is -2.26. The normalized spacial score (nSPS) is 14.4. The van der Waals surface area contributed by atoms with Gasteiger partial charge < -0.3 is 10.6 Å². The van der Waals surface area contributed by atoms with Gasteiger partial charge in [0.15, 0.2) is 0 Å². The Hall–Kier alpha value is -1.92. The number of thiophene rings is 2. The van der Waals surface area contributed by atoms with Crippen molar-refractivity contribution < 1.29 is 4.79 Å². The summed E-state index contributed by atoms with van der Waals surface area (Å²) in [7, 11) is 0. The number of fused-ring (bicyclic) bond motifs is 2. The van der Waals surface area contributed by atoms with Crippen molar-refractivity contribution in [1.82, 2.24) is 9.88 Å². The summed E-state index contributed by atoms with van der Waals surface area (Å²) >= 11 is 3.16. The molecule has 6 heteroatoms. The fourth-order valence-corrected chi connectivity index (χ4v) is 4.60. The monoisotopic (exact) mass is 315 g/mol. The lowest BCUT2D eigenvalue weighted by atomic mass is 10.1. The van der Waals surface area contributed by atoms with Crippen LogP contribution in [0.5, 0.6) is 0 Å². The van der Waals surface area contributed by atoms with E-state index in [1.54, 1.807) is 17.5 Å². The molecule has 3 aromatic heterocycles. The molecule has 21 heavy (non-hydrogen) atoms. The van der Waals surface area contributed by atoms with Gasteiger partial charge in [-0.1, -0.05) is 0 Å². The summed E-state index contributed by atoms with van der Waals surface area (Å²) in [5, 5.41) is 2.97. The highest BCUT2D eigenvalue weighted by molar-refractivity contribution is 7.21. The van der Waals surface area contributed by atoms with E-state index in [1.165, 1.54) is 21.8 Å². The van der Waals surface area contributed by atoms with Crippen molar-refractivity contribution in [3.8, 4) is 0 Å². The lowest BCUT2D eigenvalue weighted by Crippen LogP contribution is -2.35. The highest BCUT2D eigenvalue weighted by Gasteiger charge is 2.26. The Bertz CT molecular complexity index is 836. The molecule has 0 fully saturated rings. The zero-order valence-corrected chi connectivity index (χ0v) is 12.8. The number of hydrogen-bond donors (Lipinski definition) is 1. The number of carbonyl (C=O) groups excluding carboxylic acids is 1. The van der Waals surface area contributed by atoms with Crippen LogP contribution in [0.15, 0.2) is 29.8 Å². The van der Waals surface area contributed by atoms with Gasteiger partial charge in [-0.25, -0.2) is 4.98 Å². The summed E-state index contributed by atoms with van der Waals surface area (Å²) in [6, 6.07) is 5.87. The van der Waals surface area contributed by atoms with Crippen molar-refractivity contribution in [3.05, 3.63) is 45.1 Å². The molecule has 0 atom stereocenters. The number of nitrogens with zero attached hydrogens (tertiary/aromatic N) is 2. The highest BCUT2D eigenvalue weighted by atomic mass is 32.1. The van der Waals surface area contributed by atoms with E-state index in [-0.39, 0.29) is 5.91 Å². The molecule has 4 rings (SSSR count). The molecule has 0 unspecified atom stereocenters. The van der Waals surface area contributed by atoms with E-state index >= 15 is 0 Å². The van der Waals surface area contributed by atoms with Crippen LogP contribution >= 0.6 is 22.7 Å². The number of anilines is 1. The largest absolute Gasteiger partial charge is 0.397 e. The lowest BCUT2D eigenvalue weighted by molar-refractivity contribution is 0.0742. The van der Waals surface area contributed by atoms with Gasteiger partial charge >= 0.3 is 0 Å². The van der Waals surface area contributed by atoms with E-state index in [2.05, 4.69) is 16.4 Å². The summed E-state index contributed by atoms with van der Waals surface area (Å²) in [6.45, 7) is 1.44. The van der Waals surface area contributed by atoms with Crippen molar-refractivity contribution in [2.24, 2.45) is 0 Å². The fraction of sp³-hybridized carbons (Fsp3) is 0.200. The number of aromatic nitrogens is 1. The molecule has 0 bridgehead atoms. The molecule has 0 saturated carbocycles. The van der Waals surface area contributed by atoms with Crippen LogP contribution in [0.2, 0.25) is 0 Å². The first-order valence-electron chi connectivity index (χ1n) is 6.71. The third-order valence-corrected chi connectivity index (χ3v) is 5.93. The predicted octanol–water partition coefficient (Wildman–Crippen LogP) is 3.14. The maximum Gasteiger partial charge on any atom is 0.266 e. The van der Waals surface area contributed by atoms with Gasteiger partial charge in [-0.15, -0.1) is 22.7 Å². The second kappa shape index (κ2) is 4.82.